The van der Waals surface area contributed by atoms with Gasteiger partial charge >= 0.3 is 6.09 Å². The van der Waals surface area contributed by atoms with Gasteiger partial charge in [0.1, 0.15) is 5.76 Å². The Morgan fingerprint density at radius 1 is 1.46 bits per heavy atom. The summed E-state index contributed by atoms with van der Waals surface area (Å²) in [6.45, 7) is 7.97. The molecule has 134 valence electrons. The zero-order valence-electron chi connectivity index (χ0n) is 14.7. The molecule has 0 aliphatic carbocycles. The maximum Gasteiger partial charge on any atom is 0.409 e. The van der Waals surface area contributed by atoms with Crippen LogP contribution >= 0.6 is 0 Å². The van der Waals surface area contributed by atoms with Crippen LogP contribution in [0.1, 0.15) is 36.8 Å². The van der Waals surface area contributed by atoms with E-state index in [4.69, 9.17) is 15.0 Å². The first-order valence-corrected chi connectivity index (χ1v) is 8.41. The van der Waals surface area contributed by atoms with Crippen LogP contribution in [0.15, 0.2) is 9.52 Å². The summed E-state index contributed by atoms with van der Waals surface area (Å²) in [5, 5.41) is 7.16. The second kappa shape index (κ2) is 8.56. The Bertz CT molecular complexity index is 557. The second-order valence-electron chi connectivity index (χ2n) is 5.92. The highest BCUT2D eigenvalue weighted by Gasteiger charge is 2.23. The van der Waals surface area contributed by atoms with Crippen LogP contribution in [-0.2, 0) is 11.2 Å². The van der Waals surface area contributed by atoms with Crippen LogP contribution < -0.4 is 11.1 Å². The number of aryl methyl sites for hydroxylation is 2. The van der Waals surface area contributed by atoms with Crippen LogP contribution in [0, 0.1) is 13.8 Å². The minimum Gasteiger partial charge on any atom is -0.450 e. The van der Waals surface area contributed by atoms with Crippen LogP contribution in [0.3, 0.4) is 0 Å². The highest BCUT2D eigenvalue weighted by atomic mass is 16.6. The quantitative estimate of drug-likeness (QED) is 0.621. The van der Waals surface area contributed by atoms with Crippen LogP contribution in [-0.4, -0.2) is 54.4 Å². The summed E-state index contributed by atoms with van der Waals surface area (Å²) < 4.78 is 10.1. The fourth-order valence-corrected chi connectivity index (χ4v) is 2.82. The summed E-state index contributed by atoms with van der Waals surface area (Å²) in [6.07, 6.45) is 2.18. The molecule has 0 unspecified atom stereocenters. The molecule has 0 saturated carbocycles. The highest BCUT2D eigenvalue weighted by molar-refractivity contribution is 5.78. The lowest BCUT2D eigenvalue weighted by atomic mass is 10.1. The minimum absolute atomic E-state index is 0.235. The van der Waals surface area contributed by atoms with Crippen LogP contribution in [0.25, 0.3) is 0 Å². The van der Waals surface area contributed by atoms with Gasteiger partial charge < -0.3 is 25.2 Å². The number of nitrogens with two attached hydrogens (primary N) is 1. The lowest BCUT2D eigenvalue weighted by Gasteiger charge is -2.31. The van der Waals surface area contributed by atoms with E-state index in [0.717, 1.165) is 36.3 Å². The Labute approximate surface area is 142 Å². The van der Waals surface area contributed by atoms with Gasteiger partial charge in [-0.25, -0.2) is 4.79 Å². The van der Waals surface area contributed by atoms with Crippen molar-refractivity contribution in [3.63, 3.8) is 0 Å². The number of ether oxygens (including phenoxy) is 1. The van der Waals surface area contributed by atoms with E-state index < -0.39 is 0 Å². The van der Waals surface area contributed by atoms with Gasteiger partial charge in [-0.2, -0.15) is 0 Å². The van der Waals surface area contributed by atoms with Crippen LogP contribution in [0.2, 0.25) is 0 Å². The number of amides is 1. The number of nitrogens with zero attached hydrogens (tertiary/aromatic N) is 3. The maximum absolute atomic E-state index is 11.7. The summed E-state index contributed by atoms with van der Waals surface area (Å²) >= 11 is 0. The molecule has 1 fully saturated rings. The monoisotopic (exact) mass is 337 g/mol. The van der Waals surface area contributed by atoms with Crippen molar-refractivity contribution < 1.29 is 14.1 Å². The van der Waals surface area contributed by atoms with Gasteiger partial charge in [0.2, 0.25) is 0 Å². The molecule has 2 heterocycles. The van der Waals surface area contributed by atoms with Gasteiger partial charge in [-0.3, -0.25) is 4.99 Å². The summed E-state index contributed by atoms with van der Waals surface area (Å²) in [5.74, 6) is 1.27. The van der Waals surface area contributed by atoms with Crippen LogP contribution in [0.4, 0.5) is 4.79 Å². The molecule has 0 aromatic carbocycles. The van der Waals surface area contributed by atoms with E-state index in [-0.39, 0.29) is 12.1 Å². The molecule has 1 amide bonds. The molecule has 2 rings (SSSR count). The zero-order chi connectivity index (χ0) is 17.5. The topological polar surface area (TPSA) is 106 Å². The van der Waals surface area contributed by atoms with E-state index in [9.17, 15) is 4.79 Å². The highest BCUT2D eigenvalue weighted by Crippen LogP contribution is 2.13. The van der Waals surface area contributed by atoms with Gasteiger partial charge in [-0.05, 0) is 40.0 Å². The first-order chi connectivity index (χ1) is 11.5. The number of hydrogen-bond acceptors (Lipinski definition) is 5. The molecule has 1 aliphatic heterocycles. The molecule has 1 aliphatic rings. The van der Waals surface area contributed by atoms with E-state index >= 15 is 0 Å². The minimum atomic E-state index is -0.239. The van der Waals surface area contributed by atoms with Crippen molar-refractivity contribution in [2.45, 2.75) is 46.1 Å². The molecular weight excluding hydrogens is 310 g/mol. The number of piperidine rings is 1. The SMILES string of the molecule is CCOC(=O)N1CCC(NC(N)=NCCc2c(C)noc2C)CC1. The molecule has 1 saturated heterocycles. The molecule has 8 heteroatoms. The average molecular weight is 337 g/mol. The number of aliphatic imine (C=N–C) groups is 1. The first-order valence-electron chi connectivity index (χ1n) is 8.41. The Hall–Kier alpha value is -2.25. The lowest BCUT2D eigenvalue weighted by Crippen LogP contribution is -2.48. The normalized spacial score (nSPS) is 16.3. The molecule has 0 radical (unpaired) electrons. The Kier molecular flexibility index (Phi) is 6.45. The molecule has 0 bridgehead atoms. The lowest BCUT2D eigenvalue weighted by molar-refractivity contribution is 0.0963. The van der Waals surface area contributed by atoms with Gasteiger partial charge in [-0.1, -0.05) is 5.16 Å². The summed E-state index contributed by atoms with van der Waals surface area (Å²) in [7, 11) is 0. The predicted molar refractivity (Wildman–Crippen MR) is 90.9 cm³/mol. The Balaban J connectivity index is 1.73. The molecule has 0 atom stereocenters. The van der Waals surface area contributed by atoms with Gasteiger partial charge in [0.05, 0.1) is 12.3 Å². The number of aromatic nitrogens is 1. The summed E-state index contributed by atoms with van der Waals surface area (Å²) in [6, 6.07) is 0.235. The van der Waals surface area contributed by atoms with Crippen molar-refractivity contribution in [1.82, 2.24) is 15.4 Å². The Morgan fingerprint density at radius 3 is 2.75 bits per heavy atom. The van der Waals surface area contributed by atoms with Crippen LogP contribution in [0.5, 0.6) is 0 Å². The standard InChI is InChI=1S/C16H27N5O3/c1-4-23-16(22)21-9-6-13(7-10-21)19-15(17)18-8-5-14-11(2)20-24-12(14)3/h13H,4-10H2,1-3H3,(H3,17,18,19). The molecule has 24 heavy (non-hydrogen) atoms. The van der Waals surface area contributed by atoms with E-state index in [1.807, 2.05) is 20.8 Å². The molecule has 1 aromatic rings. The number of likely N-dealkylation sites (tertiary alicyclic amines) is 1. The number of rotatable bonds is 5. The predicted octanol–water partition coefficient (Wildman–Crippen LogP) is 1.36. The number of guanidine groups is 1. The number of carbonyl (C=O) groups excluding carboxylic acids is 1. The van der Waals surface area contributed by atoms with Gasteiger partial charge in [-0.15, -0.1) is 0 Å². The second-order valence-corrected chi connectivity index (χ2v) is 5.92. The van der Waals surface area contributed by atoms with Gasteiger partial charge in [0, 0.05) is 31.2 Å². The molecule has 3 N–H and O–H groups in total. The molecule has 1 aromatic heterocycles. The maximum atomic E-state index is 11.7. The third-order valence-corrected chi connectivity index (χ3v) is 4.20. The first kappa shape index (κ1) is 18.1. The smallest absolute Gasteiger partial charge is 0.409 e. The summed E-state index contributed by atoms with van der Waals surface area (Å²) in [4.78, 5) is 17.8. The Morgan fingerprint density at radius 2 is 2.17 bits per heavy atom. The fourth-order valence-electron chi connectivity index (χ4n) is 2.82. The van der Waals surface area contributed by atoms with Crippen molar-refractivity contribution in [1.29, 1.82) is 0 Å². The van der Waals surface area contributed by atoms with Crippen molar-refractivity contribution >= 4 is 12.1 Å². The van der Waals surface area contributed by atoms with Crippen molar-refractivity contribution in [2.75, 3.05) is 26.2 Å². The van der Waals surface area contributed by atoms with E-state index in [0.29, 0.717) is 32.2 Å². The number of hydrogen-bond donors (Lipinski definition) is 2. The molecule has 0 spiro atoms. The van der Waals surface area contributed by atoms with Crippen molar-refractivity contribution in [3.8, 4) is 0 Å². The summed E-state index contributed by atoms with van der Waals surface area (Å²) in [5.41, 5.74) is 7.95. The number of carbonyl (C=O) groups is 1. The fraction of sp³-hybridized carbons (Fsp3) is 0.688. The largest absolute Gasteiger partial charge is 0.450 e. The molecule has 8 nitrogen and oxygen atoms in total. The van der Waals surface area contributed by atoms with E-state index in [1.165, 1.54) is 0 Å². The zero-order valence-corrected chi connectivity index (χ0v) is 14.7. The van der Waals surface area contributed by atoms with E-state index in [1.54, 1.807) is 4.90 Å². The average Bonchev–Trinajstić information content (AvgIpc) is 2.87. The van der Waals surface area contributed by atoms with Crippen molar-refractivity contribution in [2.24, 2.45) is 10.7 Å². The number of nitrogens with one attached hydrogen (secondary N) is 1. The van der Waals surface area contributed by atoms with Crippen molar-refractivity contribution in [3.05, 3.63) is 17.0 Å². The molecular formula is C16H27N5O3. The van der Waals surface area contributed by atoms with Gasteiger partial charge in [0.25, 0.3) is 0 Å². The third kappa shape index (κ3) is 4.87. The third-order valence-electron chi connectivity index (χ3n) is 4.20. The van der Waals surface area contributed by atoms with E-state index in [2.05, 4.69) is 15.5 Å². The van der Waals surface area contributed by atoms with Gasteiger partial charge in [0.15, 0.2) is 5.96 Å².